The molecule has 1 aromatic rings. The number of fused-ring (bicyclic) bond motifs is 1. The molecule has 0 bridgehead atoms. The number of halogens is 2. The molecule has 3 nitrogen and oxygen atoms in total. The first kappa shape index (κ1) is 10.9. The van der Waals surface area contributed by atoms with Crippen molar-refractivity contribution in [3.05, 3.63) is 29.3 Å². The van der Waals surface area contributed by atoms with Gasteiger partial charge >= 0.3 is 11.9 Å². The molecule has 0 aliphatic carbocycles. The summed E-state index contributed by atoms with van der Waals surface area (Å²) in [6, 6.07) is 4.01. The van der Waals surface area contributed by atoms with Gasteiger partial charge < -0.3 is 10.0 Å². The van der Waals surface area contributed by atoms with Gasteiger partial charge in [0, 0.05) is 24.8 Å². The zero-order valence-electron chi connectivity index (χ0n) is 8.70. The summed E-state index contributed by atoms with van der Waals surface area (Å²) < 4.78 is 26.5. The minimum atomic E-state index is -3.81. The summed E-state index contributed by atoms with van der Waals surface area (Å²) in [6.07, 6.45) is 0.676. The number of carbonyl (C=O) groups is 1. The maximum Gasteiger partial charge on any atom is 0.379 e. The van der Waals surface area contributed by atoms with Crippen molar-refractivity contribution in [3.63, 3.8) is 0 Å². The van der Waals surface area contributed by atoms with Crippen LogP contribution in [-0.4, -0.2) is 24.7 Å². The van der Waals surface area contributed by atoms with Crippen LogP contribution in [0.5, 0.6) is 0 Å². The number of likely N-dealkylation sites (N-methyl/N-ethyl adjacent to an activating group) is 1. The van der Waals surface area contributed by atoms with Crippen molar-refractivity contribution >= 4 is 11.7 Å². The predicted octanol–water partition coefficient (Wildman–Crippen LogP) is 1.86. The molecular weight excluding hydrogens is 216 g/mol. The highest BCUT2D eigenvalue weighted by Crippen LogP contribution is 2.34. The first-order valence-electron chi connectivity index (χ1n) is 4.88. The van der Waals surface area contributed by atoms with Crippen molar-refractivity contribution in [3.8, 4) is 0 Å². The summed E-state index contributed by atoms with van der Waals surface area (Å²) in [6.45, 7) is 0.775. The zero-order chi connectivity index (χ0) is 11.9. The van der Waals surface area contributed by atoms with E-state index in [1.54, 1.807) is 6.07 Å². The van der Waals surface area contributed by atoms with E-state index >= 15 is 0 Å². The molecule has 0 saturated heterocycles. The number of carboxylic acids is 1. The van der Waals surface area contributed by atoms with Gasteiger partial charge in [-0.15, -0.1) is 0 Å². The van der Waals surface area contributed by atoms with Gasteiger partial charge in [0.1, 0.15) is 0 Å². The molecule has 0 unspecified atom stereocenters. The molecule has 0 radical (unpaired) electrons. The molecular formula is C11H11F2NO2. The van der Waals surface area contributed by atoms with E-state index in [1.807, 2.05) is 11.9 Å². The summed E-state index contributed by atoms with van der Waals surface area (Å²) in [5.74, 6) is -5.92. The maximum atomic E-state index is 13.2. The molecule has 1 aromatic carbocycles. The first-order valence-corrected chi connectivity index (χ1v) is 4.88. The van der Waals surface area contributed by atoms with Crippen LogP contribution in [0.4, 0.5) is 14.5 Å². The van der Waals surface area contributed by atoms with Crippen molar-refractivity contribution in [1.82, 2.24) is 0 Å². The largest absolute Gasteiger partial charge is 0.477 e. The quantitative estimate of drug-likeness (QED) is 0.838. The van der Waals surface area contributed by atoms with E-state index in [1.165, 1.54) is 12.1 Å². The second kappa shape index (κ2) is 3.43. The fraction of sp³-hybridized carbons (Fsp3) is 0.364. The smallest absolute Gasteiger partial charge is 0.379 e. The number of benzene rings is 1. The van der Waals surface area contributed by atoms with Gasteiger partial charge in [-0.2, -0.15) is 8.78 Å². The van der Waals surface area contributed by atoms with E-state index in [2.05, 4.69) is 0 Å². The van der Waals surface area contributed by atoms with Crippen LogP contribution in [0.2, 0.25) is 0 Å². The van der Waals surface area contributed by atoms with Crippen LogP contribution in [0.15, 0.2) is 18.2 Å². The number of hydrogen-bond acceptors (Lipinski definition) is 2. The first-order chi connectivity index (χ1) is 7.43. The Morgan fingerprint density at radius 3 is 2.81 bits per heavy atom. The van der Waals surface area contributed by atoms with Gasteiger partial charge in [-0.1, -0.05) is 6.07 Å². The maximum absolute atomic E-state index is 13.2. The number of nitrogens with zero attached hydrogens (tertiary/aromatic N) is 1. The number of carboxylic acid groups (broad SMARTS) is 1. The molecule has 0 spiro atoms. The van der Waals surface area contributed by atoms with Crippen LogP contribution >= 0.6 is 0 Å². The third-order valence-electron chi connectivity index (χ3n) is 2.84. The summed E-state index contributed by atoms with van der Waals surface area (Å²) in [5.41, 5.74) is 1.22. The molecule has 86 valence electrons. The lowest BCUT2D eigenvalue weighted by atomic mass is 10.0. The Balaban J connectivity index is 2.43. The topological polar surface area (TPSA) is 40.5 Å². The third-order valence-corrected chi connectivity index (χ3v) is 2.84. The highest BCUT2D eigenvalue weighted by molar-refractivity contribution is 5.78. The Morgan fingerprint density at radius 2 is 2.19 bits per heavy atom. The fourth-order valence-corrected chi connectivity index (χ4v) is 1.89. The number of hydrogen-bond donors (Lipinski definition) is 1. The highest BCUT2D eigenvalue weighted by Gasteiger charge is 2.41. The summed E-state index contributed by atoms with van der Waals surface area (Å²) >= 11 is 0. The monoisotopic (exact) mass is 227 g/mol. The van der Waals surface area contributed by atoms with E-state index in [0.29, 0.717) is 6.42 Å². The zero-order valence-corrected chi connectivity index (χ0v) is 8.70. The SMILES string of the molecule is CN1CCc2cc(C(F)(F)C(=O)O)ccc21. The Hall–Kier alpha value is -1.65. The van der Waals surface area contributed by atoms with E-state index in [4.69, 9.17) is 5.11 Å². The minimum Gasteiger partial charge on any atom is -0.477 e. The van der Waals surface area contributed by atoms with Crippen LogP contribution in [0, 0.1) is 0 Å². The number of alkyl halides is 2. The summed E-state index contributed by atoms with van der Waals surface area (Å²) in [5, 5.41) is 8.43. The average Bonchev–Trinajstić information content (AvgIpc) is 2.60. The molecule has 0 saturated carbocycles. The number of anilines is 1. The molecule has 0 fully saturated rings. The van der Waals surface area contributed by atoms with Crippen LogP contribution in [0.25, 0.3) is 0 Å². The summed E-state index contributed by atoms with van der Waals surface area (Å²) in [7, 11) is 1.88. The van der Waals surface area contributed by atoms with E-state index in [0.717, 1.165) is 17.8 Å². The fourth-order valence-electron chi connectivity index (χ4n) is 1.89. The van der Waals surface area contributed by atoms with Crippen molar-refractivity contribution in [2.24, 2.45) is 0 Å². The predicted molar refractivity (Wildman–Crippen MR) is 54.9 cm³/mol. The van der Waals surface area contributed by atoms with Gasteiger partial charge in [0.2, 0.25) is 0 Å². The van der Waals surface area contributed by atoms with Gasteiger partial charge in [-0.25, -0.2) is 4.79 Å². The Bertz CT molecular complexity index is 446. The second-order valence-electron chi connectivity index (χ2n) is 3.89. The number of rotatable bonds is 2. The van der Waals surface area contributed by atoms with Gasteiger partial charge in [-0.05, 0) is 24.1 Å². The molecule has 0 aromatic heterocycles. The summed E-state index contributed by atoms with van der Waals surface area (Å²) in [4.78, 5) is 12.4. The van der Waals surface area contributed by atoms with E-state index < -0.39 is 17.5 Å². The van der Waals surface area contributed by atoms with Crippen LogP contribution in [-0.2, 0) is 17.1 Å². The Morgan fingerprint density at radius 1 is 1.50 bits per heavy atom. The van der Waals surface area contributed by atoms with Gasteiger partial charge in [-0.3, -0.25) is 0 Å². The molecule has 1 aliphatic rings. The van der Waals surface area contributed by atoms with E-state index in [9.17, 15) is 13.6 Å². The molecule has 16 heavy (non-hydrogen) atoms. The molecule has 2 rings (SSSR count). The van der Waals surface area contributed by atoms with Crippen molar-refractivity contribution < 1.29 is 18.7 Å². The molecule has 5 heteroatoms. The minimum absolute atomic E-state index is 0.450. The lowest BCUT2D eigenvalue weighted by Gasteiger charge is -2.15. The highest BCUT2D eigenvalue weighted by atomic mass is 19.3. The molecule has 1 aliphatic heterocycles. The molecule has 1 N–H and O–H groups in total. The third kappa shape index (κ3) is 1.52. The lowest BCUT2D eigenvalue weighted by Crippen LogP contribution is -2.25. The Labute approximate surface area is 91.3 Å². The van der Waals surface area contributed by atoms with E-state index in [-0.39, 0.29) is 0 Å². The normalized spacial score (nSPS) is 15.1. The van der Waals surface area contributed by atoms with Gasteiger partial charge in [0.25, 0.3) is 0 Å². The van der Waals surface area contributed by atoms with Crippen LogP contribution < -0.4 is 4.90 Å². The van der Waals surface area contributed by atoms with Crippen molar-refractivity contribution in [2.45, 2.75) is 12.3 Å². The van der Waals surface area contributed by atoms with Gasteiger partial charge in [0.15, 0.2) is 0 Å². The Kier molecular flexibility index (Phi) is 2.33. The average molecular weight is 227 g/mol. The van der Waals surface area contributed by atoms with Crippen LogP contribution in [0.1, 0.15) is 11.1 Å². The van der Waals surface area contributed by atoms with Crippen LogP contribution in [0.3, 0.4) is 0 Å². The molecule has 1 heterocycles. The standard InChI is InChI=1S/C11H11F2NO2/c1-14-5-4-7-6-8(2-3-9(7)14)11(12,13)10(15)16/h2-3,6H,4-5H2,1H3,(H,15,16). The second-order valence-corrected chi connectivity index (χ2v) is 3.89. The van der Waals surface area contributed by atoms with Crippen molar-refractivity contribution in [1.29, 1.82) is 0 Å². The number of aliphatic carboxylic acids is 1. The molecule has 0 atom stereocenters. The van der Waals surface area contributed by atoms with Crippen molar-refractivity contribution in [2.75, 3.05) is 18.5 Å². The van der Waals surface area contributed by atoms with Gasteiger partial charge in [0.05, 0.1) is 0 Å². The lowest BCUT2D eigenvalue weighted by molar-refractivity contribution is -0.166. The molecule has 0 amide bonds.